The maximum Gasteiger partial charge on any atom is 0.252 e. The monoisotopic (exact) mass is 613 g/mol. The Morgan fingerprint density at radius 2 is 1.98 bits per heavy atom. The summed E-state index contributed by atoms with van der Waals surface area (Å²) in [5.41, 5.74) is 0.968. The molecule has 3 fully saturated rings. The second kappa shape index (κ2) is 12.9. The van der Waals surface area contributed by atoms with Crippen LogP contribution in [-0.2, 0) is 19.0 Å². The average Bonchev–Trinajstić information content (AvgIpc) is 3.72. The number of likely N-dealkylation sites (tertiary alicyclic amines) is 1. The van der Waals surface area contributed by atoms with E-state index in [1.807, 2.05) is 19.2 Å². The van der Waals surface area contributed by atoms with Gasteiger partial charge in [0.1, 0.15) is 24.5 Å². The van der Waals surface area contributed by atoms with E-state index < -0.39 is 35.7 Å². The second-order valence-corrected chi connectivity index (χ2v) is 12.7. The van der Waals surface area contributed by atoms with E-state index in [1.54, 1.807) is 17.0 Å². The molecule has 1 unspecified atom stereocenters. The van der Waals surface area contributed by atoms with E-state index in [0.717, 1.165) is 31.3 Å². The normalized spacial score (nSPS) is 24.2. The lowest BCUT2D eigenvalue weighted by Gasteiger charge is -2.37. The number of amides is 2. The third-order valence-corrected chi connectivity index (χ3v) is 9.54. The van der Waals surface area contributed by atoms with Crippen molar-refractivity contribution in [3.8, 4) is 23.6 Å². The molecule has 0 bridgehead atoms. The molecule has 0 aliphatic carbocycles. The summed E-state index contributed by atoms with van der Waals surface area (Å²) in [6.07, 6.45) is 5.71. The summed E-state index contributed by atoms with van der Waals surface area (Å²) in [7, 11) is 5.10. The number of methoxy groups -OCH3 is 2. The number of halogens is 1. The molecule has 0 spiro atoms. The van der Waals surface area contributed by atoms with Crippen LogP contribution in [0.1, 0.15) is 30.6 Å². The van der Waals surface area contributed by atoms with Crippen LogP contribution in [-0.4, -0.2) is 111 Å². The number of anilines is 1. The summed E-state index contributed by atoms with van der Waals surface area (Å²) in [4.78, 5) is 38.2. The summed E-state index contributed by atoms with van der Waals surface area (Å²) >= 11 is 1.48. The molecule has 1 N–H and O–H groups in total. The first-order valence-electron chi connectivity index (χ1n) is 14.6. The van der Waals surface area contributed by atoms with E-state index in [2.05, 4.69) is 33.1 Å². The van der Waals surface area contributed by atoms with Gasteiger partial charge in [-0.1, -0.05) is 19.8 Å². The molecule has 3 saturated heterocycles. The first kappa shape index (κ1) is 31.3. The van der Waals surface area contributed by atoms with Gasteiger partial charge >= 0.3 is 0 Å². The van der Waals surface area contributed by atoms with Crippen LogP contribution in [0.5, 0.6) is 0 Å². The molecule has 4 heterocycles. The minimum absolute atomic E-state index is 0.0868. The summed E-state index contributed by atoms with van der Waals surface area (Å²) in [6, 6.07) is 2.88. The van der Waals surface area contributed by atoms with E-state index in [1.165, 1.54) is 31.6 Å². The van der Waals surface area contributed by atoms with Gasteiger partial charge in [0.15, 0.2) is 5.13 Å². The number of likely N-dealkylation sites (N-methyl/N-ethyl adjacent to an activating group) is 1. The van der Waals surface area contributed by atoms with E-state index in [4.69, 9.17) is 20.6 Å². The van der Waals surface area contributed by atoms with Crippen molar-refractivity contribution in [1.29, 1.82) is 0 Å². The van der Waals surface area contributed by atoms with Crippen LogP contribution in [0.15, 0.2) is 23.6 Å². The van der Waals surface area contributed by atoms with Crippen LogP contribution < -0.4 is 10.2 Å². The Labute approximate surface area is 256 Å². The van der Waals surface area contributed by atoms with Crippen molar-refractivity contribution in [2.45, 2.75) is 44.2 Å². The van der Waals surface area contributed by atoms with E-state index in [0.29, 0.717) is 17.7 Å². The average molecular weight is 614 g/mol. The summed E-state index contributed by atoms with van der Waals surface area (Å²) in [5.74, 6) is -0.106. The first-order valence-corrected chi connectivity index (χ1v) is 15.5. The number of nitrogens with one attached hydrogen (secondary N) is 1. The number of benzene rings is 1. The lowest BCUT2D eigenvalue weighted by Crippen LogP contribution is -2.58. The maximum atomic E-state index is 15.4. The number of hydrogen-bond acceptors (Lipinski definition) is 9. The Morgan fingerprint density at radius 3 is 2.60 bits per heavy atom. The largest absolute Gasteiger partial charge is 0.369 e. The number of piperazine rings is 1. The van der Waals surface area contributed by atoms with E-state index in [-0.39, 0.29) is 36.5 Å². The highest BCUT2D eigenvalue weighted by Crippen LogP contribution is 2.41. The number of carbonyl (C=O) groups is 2. The summed E-state index contributed by atoms with van der Waals surface area (Å²) in [6.45, 7) is 7.94. The van der Waals surface area contributed by atoms with Crippen molar-refractivity contribution in [2.75, 3.05) is 65.5 Å². The van der Waals surface area contributed by atoms with E-state index in [9.17, 15) is 9.59 Å². The Morgan fingerprint density at radius 1 is 1.26 bits per heavy atom. The van der Waals surface area contributed by atoms with Gasteiger partial charge in [-0.25, -0.2) is 9.37 Å². The Hall–Kier alpha value is -3.08. The van der Waals surface area contributed by atoms with Crippen molar-refractivity contribution in [2.24, 2.45) is 11.8 Å². The fourth-order valence-electron chi connectivity index (χ4n) is 6.17. The van der Waals surface area contributed by atoms with Crippen molar-refractivity contribution in [1.82, 2.24) is 20.1 Å². The molecule has 12 heteroatoms. The van der Waals surface area contributed by atoms with Gasteiger partial charge in [-0.2, -0.15) is 0 Å². The Kier molecular flexibility index (Phi) is 9.39. The van der Waals surface area contributed by atoms with Crippen LogP contribution in [0, 0.1) is 30.0 Å². The van der Waals surface area contributed by atoms with Crippen LogP contribution >= 0.6 is 11.3 Å². The molecule has 4 atom stereocenters. The second-order valence-electron chi connectivity index (χ2n) is 11.9. The molecular formula is C31H40FN5O5S. The van der Waals surface area contributed by atoms with Crippen LogP contribution in [0.25, 0.3) is 11.3 Å². The molecule has 0 radical (unpaired) electrons. The van der Waals surface area contributed by atoms with Crippen molar-refractivity contribution in [3.05, 3.63) is 35.0 Å². The molecule has 10 nitrogen and oxygen atoms in total. The SMILES string of the molecule is C#C[C@@H]1CN(C(=O)C(CC(C)C)NC(=O)c2ccc(-c3csc(N4CCN(C)CC4)n3)c(F)c2)[C@H]2[C@@H]1OCC2(OC)OC. The molecule has 3 aliphatic rings. The van der Waals surface area contributed by atoms with Crippen molar-refractivity contribution in [3.63, 3.8) is 0 Å². The predicted molar refractivity (Wildman–Crippen MR) is 162 cm³/mol. The molecule has 0 saturated carbocycles. The zero-order valence-corrected chi connectivity index (χ0v) is 26.2. The third kappa shape index (κ3) is 6.14. The van der Waals surface area contributed by atoms with Gasteiger partial charge in [-0.15, -0.1) is 17.8 Å². The van der Waals surface area contributed by atoms with Crippen LogP contribution in [0.2, 0.25) is 0 Å². The number of thiazole rings is 1. The van der Waals surface area contributed by atoms with Gasteiger partial charge in [-0.05, 0) is 37.6 Å². The quantitative estimate of drug-likeness (QED) is 0.341. The number of aromatic nitrogens is 1. The molecule has 1 aromatic heterocycles. The third-order valence-electron chi connectivity index (χ3n) is 8.64. The highest BCUT2D eigenvalue weighted by atomic mass is 32.1. The van der Waals surface area contributed by atoms with Gasteiger partial charge in [0, 0.05) is 63.5 Å². The number of fused-ring (bicyclic) bond motifs is 1. The molecule has 5 rings (SSSR count). The molecule has 2 aromatic rings. The van der Waals surface area contributed by atoms with Gasteiger partial charge in [0.2, 0.25) is 11.7 Å². The zero-order chi connectivity index (χ0) is 30.9. The predicted octanol–water partition coefficient (Wildman–Crippen LogP) is 2.69. The molecule has 3 aliphatic heterocycles. The van der Waals surface area contributed by atoms with E-state index >= 15 is 4.39 Å². The topological polar surface area (TPSA) is 96.5 Å². The number of rotatable bonds is 9. The molecular weight excluding hydrogens is 573 g/mol. The summed E-state index contributed by atoms with van der Waals surface area (Å²) in [5, 5.41) is 5.55. The highest BCUT2D eigenvalue weighted by molar-refractivity contribution is 7.14. The van der Waals surface area contributed by atoms with Crippen LogP contribution in [0.4, 0.5) is 9.52 Å². The Bertz CT molecular complexity index is 1370. The number of nitrogens with zero attached hydrogens (tertiary/aromatic N) is 4. The molecule has 2 amide bonds. The number of ether oxygens (including phenoxy) is 3. The maximum absolute atomic E-state index is 15.4. The van der Waals surface area contributed by atoms with Gasteiger partial charge in [-0.3, -0.25) is 9.59 Å². The number of terminal acetylenes is 1. The molecule has 232 valence electrons. The summed E-state index contributed by atoms with van der Waals surface area (Å²) < 4.78 is 32.7. The molecule has 1 aromatic carbocycles. The number of carbonyl (C=O) groups excluding carboxylic acids is 2. The standard InChI is InChI=1S/C31H40FN5O5S/c1-7-20-16-37(27-26(20)42-18-31(27,40-5)41-6)29(39)24(14-19(2)3)33-28(38)21-8-9-22(23(32)15-21)25-17-43-30(34-25)36-12-10-35(4)11-13-36/h1,8-9,15,17,19-20,24,26-27H,10-14,16,18H2,2-6H3,(H,33,38)/t20-,24?,26-,27+/m1/s1. The fraction of sp³-hybridized carbons (Fsp3) is 0.581. The van der Waals surface area contributed by atoms with Crippen LogP contribution in [0.3, 0.4) is 0 Å². The van der Waals surface area contributed by atoms with Gasteiger partial charge in [0.05, 0.1) is 17.7 Å². The zero-order valence-electron chi connectivity index (χ0n) is 25.3. The fourth-order valence-corrected chi connectivity index (χ4v) is 7.05. The van der Waals surface area contributed by atoms with Gasteiger partial charge < -0.3 is 34.2 Å². The highest BCUT2D eigenvalue weighted by Gasteiger charge is 2.61. The first-order chi connectivity index (χ1) is 20.6. The minimum Gasteiger partial charge on any atom is -0.369 e. The van der Waals surface area contributed by atoms with Crippen molar-refractivity contribution < 1.29 is 28.2 Å². The lowest BCUT2D eigenvalue weighted by molar-refractivity contribution is -0.227. The molecule has 43 heavy (non-hydrogen) atoms. The smallest absolute Gasteiger partial charge is 0.252 e. The Balaban J connectivity index is 1.33. The lowest BCUT2D eigenvalue weighted by atomic mass is 9.98. The van der Waals surface area contributed by atoms with Gasteiger partial charge in [0.25, 0.3) is 5.91 Å². The minimum atomic E-state index is -1.17. The number of hydrogen-bond donors (Lipinski definition) is 1. The van der Waals surface area contributed by atoms with Crippen molar-refractivity contribution >= 4 is 28.3 Å².